The zero-order chi connectivity index (χ0) is 15.1. The highest BCUT2D eigenvalue weighted by Gasteiger charge is 2.12. The molecule has 0 spiro atoms. The lowest BCUT2D eigenvalue weighted by molar-refractivity contribution is 0.824. The fourth-order valence-corrected chi connectivity index (χ4v) is 3.20. The van der Waals surface area contributed by atoms with Gasteiger partial charge in [-0.1, -0.05) is 39.8 Å². The molecule has 0 aliphatic carbocycles. The summed E-state index contributed by atoms with van der Waals surface area (Å²) in [4.78, 5) is 0. The minimum absolute atomic E-state index is 0.572. The third-order valence-electron chi connectivity index (χ3n) is 4.56. The van der Waals surface area contributed by atoms with Crippen LogP contribution in [0.5, 0.6) is 0 Å². The molecular formula is C20H25N. The number of benzene rings is 2. The number of rotatable bonds is 3. The standard InChI is InChI=1S/C20H25N/c1-6-21-19-9-7-15(13(2)3)11-17(19)18-12-16(14(4)5)8-10-20(18)21/h7-14H,6H2,1-5H3. The van der Waals surface area contributed by atoms with Gasteiger partial charge in [0.15, 0.2) is 0 Å². The molecule has 1 aromatic heterocycles. The second-order valence-corrected chi connectivity index (χ2v) is 6.61. The Hall–Kier alpha value is -1.76. The van der Waals surface area contributed by atoms with Gasteiger partial charge in [-0.3, -0.25) is 0 Å². The third kappa shape index (κ3) is 2.25. The Bertz CT molecular complexity index is 725. The van der Waals surface area contributed by atoms with Gasteiger partial charge in [-0.25, -0.2) is 0 Å². The molecular weight excluding hydrogens is 254 g/mol. The average molecular weight is 279 g/mol. The van der Waals surface area contributed by atoms with Crippen LogP contribution in [0.4, 0.5) is 0 Å². The second kappa shape index (κ2) is 5.22. The lowest BCUT2D eigenvalue weighted by atomic mass is 9.98. The van der Waals surface area contributed by atoms with E-state index in [2.05, 4.69) is 75.6 Å². The van der Waals surface area contributed by atoms with E-state index in [1.165, 1.54) is 32.9 Å². The highest BCUT2D eigenvalue weighted by atomic mass is 15.0. The molecule has 2 aromatic carbocycles. The number of hydrogen-bond acceptors (Lipinski definition) is 0. The highest BCUT2D eigenvalue weighted by molar-refractivity contribution is 6.08. The summed E-state index contributed by atoms with van der Waals surface area (Å²) < 4.78 is 2.43. The van der Waals surface area contributed by atoms with E-state index in [1.54, 1.807) is 0 Å². The molecule has 110 valence electrons. The quantitative estimate of drug-likeness (QED) is 0.549. The Balaban J connectivity index is 2.39. The molecule has 0 aliphatic rings. The maximum atomic E-state index is 2.43. The largest absolute Gasteiger partial charge is 0.341 e. The van der Waals surface area contributed by atoms with Crippen molar-refractivity contribution >= 4 is 21.8 Å². The zero-order valence-electron chi connectivity index (χ0n) is 13.8. The van der Waals surface area contributed by atoms with Crippen molar-refractivity contribution in [1.82, 2.24) is 4.57 Å². The minimum Gasteiger partial charge on any atom is -0.341 e. The molecule has 1 nitrogen and oxygen atoms in total. The number of fused-ring (bicyclic) bond motifs is 3. The molecule has 0 aliphatic heterocycles. The smallest absolute Gasteiger partial charge is 0.0491 e. The van der Waals surface area contributed by atoms with Gasteiger partial charge >= 0.3 is 0 Å². The number of aromatic nitrogens is 1. The topological polar surface area (TPSA) is 4.93 Å². The molecule has 1 heterocycles. The fourth-order valence-electron chi connectivity index (χ4n) is 3.20. The van der Waals surface area contributed by atoms with E-state index in [9.17, 15) is 0 Å². The first-order valence-electron chi connectivity index (χ1n) is 8.08. The van der Waals surface area contributed by atoms with Crippen molar-refractivity contribution in [2.45, 2.75) is 53.0 Å². The van der Waals surface area contributed by atoms with Crippen LogP contribution in [-0.4, -0.2) is 4.57 Å². The monoisotopic (exact) mass is 279 g/mol. The van der Waals surface area contributed by atoms with Gasteiger partial charge in [-0.2, -0.15) is 0 Å². The van der Waals surface area contributed by atoms with Gasteiger partial charge in [0, 0.05) is 28.4 Å². The van der Waals surface area contributed by atoms with Gasteiger partial charge in [0.05, 0.1) is 0 Å². The first-order chi connectivity index (χ1) is 10.0. The predicted molar refractivity (Wildman–Crippen MR) is 93.3 cm³/mol. The maximum Gasteiger partial charge on any atom is 0.0491 e. The lowest BCUT2D eigenvalue weighted by Crippen LogP contribution is -1.94. The molecule has 21 heavy (non-hydrogen) atoms. The molecule has 3 rings (SSSR count). The lowest BCUT2D eigenvalue weighted by Gasteiger charge is -2.06. The van der Waals surface area contributed by atoms with Crippen LogP contribution < -0.4 is 0 Å². The van der Waals surface area contributed by atoms with Crippen molar-refractivity contribution in [2.24, 2.45) is 0 Å². The highest BCUT2D eigenvalue weighted by Crippen LogP contribution is 2.33. The van der Waals surface area contributed by atoms with Crippen LogP contribution in [0.15, 0.2) is 36.4 Å². The number of nitrogens with zero attached hydrogens (tertiary/aromatic N) is 1. The van der Waals surface area contributed by atoms with Crippen LogP contribution in [-0.2, 0) is 6.54 Å². The molecule has 0 radical (unpaired) electrons. The summed E-state index contributed by atoms with van der Waals surface area (Å²) in [5, 5.41) is 2.81. The molecule has 1 heteroatoms. The van der Waals surface area contributed by atoms with Gasteiger partial charge < -0.3 is 4.57 Å². The SMILES string of the molecule is CCn1c2ccc(C(C)C)cc2c2cc(C(C)C)ccc21. The van der Waals surface area contributed by atoms with Crippen LogP contribution in [0.3, 0.4) is 0 Å². The van der Waals surface area contributed by atoms with E-state index in [0.717, 1.165) is 6.54 Å². The van der Waals surface area contributed by atoms with Gasteiger partial charge in [0.25, 0.3) is 0 Å². The third-order valence-corrected chi connectivity index (χ3v) is 4.56. The first-order valence-corrected chi connectivity index (χ1v) is 8.08. The molecule has 0 atom stereocenters. The zero-order valence-corrected chi connectivity index (χ0v) is 13.8. The maximum absolute atomic E-state index is 2.43. The van der Waals surface area contributed by atoms with Crippen LogP contribution in [0.2, 0.25) is 0 Å². The normalized spacial score (nSPS) is 12.1. The molecule has 3 aromatic rings. The summed E-state index contributed by atoms with van der Waals surface area (Å²) in [5.74, 6) is 1.14. The van der Waals surface area contributed by atoms with Crippen molar-refractivity contribution < 1.29 is 0 Å². The summed E-state index contributed by atoms with van der Waals surface area (Å²) in [5.41, 5.74) is 5.57. The summed E-state index contributed by atoms with van der Waals surface area (Å²) in [6, 6.07) is 13.9. The molecule has 0 saturated heterocycles. The Kier molecular flexibility index (Phi) is 3.52. The van der Waals surface area contributed by atoms with Crippen molar-refractivity contribution in [3.63, 3.8) is 0 Å². The predicted octanol–water partition coefficient (Wildman–Crippen LogP) is 6.06. The van der Waals surface area contributed by atoms with Crippen LogP contribution in [0, 0.1) is 0 Å². The first kappa shape index (κ1) is 14.2. The van der Waals surface area contributed by atoms with E-state index in [0.29, 0.717) is 11.8 Å². The Morgan fingerprint density at radius 1 is 0.762 bits per heavy atom. The van der Waals surface area contributed by atoms with Crippen molar-refractivity contribution in [3.05, 3.63) is 47.5 Å². The molecule has 0 bridgehead atoms. The van der Waals surface area contributed by atoms with E-state index < -0.39 is 0 Å². The van der Waals surface area contributed by atoms with Crippen molar-refractivity contribution in [1.29, 1.82) is 0 Å². The molecule has 0 fully saturated rings. The van der Waals surface area contributed by atoms with E-state index >= 15 is 0 Å². The summed E-state index contributed by atoms with van der Waals surface area (Å²) >= 11 is 0. The number of aryl methyl sites for hydroxylation is 1. The Morgan fingerprint density at radius 2 is 1.19 bits per heavy atom. The van der Waals surface area contributed by atoms with Crippen LogP contribution in [0.25, 0.3) is 21.8 Å². The Morgan fingerprint density at radius 3 is 1.52 bits per heavy atom. The molecule has 0 N–H and O–H groups in total. The van der Waals surface area contributed by atoms with E-state index in [4.69, 9.17) is 0 Å². The average Bonchev–Trinajstić information content (AvgIpc) is 2.79. The fraction of sp³-hybridized carbons (Fsp3) is 0.400. The van der Waals surface area contributed by atoms with E-state index in [1.807, 2.05) is 0 Å². The summed E-state index contributed by atoms with van der Waals surface area (Å²) in [6.45, 7) is 12.3. The van der Waals surface area contributed by atoms with Gasteiger partial charge in [0.1, 0.15) is 0 Å². The van der Waals surface area contributed by atoms with Gasteiger partial charge in [0.2, 0.25) is 0 Å². The van der Waals surface area contributed by atoms with Crippen molar-refractivity contribution in [3.8, 4) is 0 Å². The second-order valence-electron chi connectivity index (χ2n) is 6.61. The summed E-state index contributed by atoms with van der Waals surface area (Å²) in [7, 11) is 0. The van der Waals surface area contributed by atoms with Crippen LogP contribution >= 0.6 is 0 Å². The van der Waals surface area contributed by atoms with Crippen molar-refractivity contribution in [2.75, 3.05) is 0 Å². The van der Waals surface area contributed by atoms with Gasteiger partial charge in [-0.05, 0) is 54.2 Å². The Labute approximate surface area is 127 Å². The summed E-state index contributed by atoms with van der Waals surface area (Å²) in [6.07, 6.45) is 0. The molecule has 0 amide bonds. The molecule has 0 unspecified atom stereocenters. The van der Waals surface area contributed by atoms with Crippen LogP contribution in [0.1, 0.15) is 57.6 Å². The molecule has 0 saturated carbocycles. The van der Waals surface area contributed by atoms with Gasteiger partial charge in [-0.15, -0.1) is 0 Å². The minimum atomic E-state index is 0.572. The van der Waals surface area contributed by atoms with E-state index in [-0.39, 0.29) is 0 Å². The number of hydrogen-bond donors (Lipinski definition) is 0.